The number of hydrogen-bond donors (Lipinski definition) is 0. The van der Waals surface area contributed by atoms with E-state index in [0.29, 0.717) is 17.1 Å². The molecule has 0 aliphatic rings. The Bertz CT molecular complexity index is 846. The van der Waals surface area contributed by atoms with Crippen molar-refractivity contribution in [1.82, 2.24) is 10.1 Å². The van der Waals surface area contributed by atoms with Crippen molar-refractivity contribution >= 4 is 21.9 Å². The van der Waals surface area contributed by atoms with Crippen molar-refractivity contribution in [2.75, 3.05) is 7.11 Å². The summed E-state index contributed by atoms with van der Waals surface area (Å²) < 4.78 is 16.4. The lowest BCUT2D eigenvalue weighted by atomic mass is 10.2. The zero-order valence-corrected chi connectivity index (χ0v) is 14.3. The Balaban J connectivity index is 1.67. The highest BCUT2D eigenvalue weighted by atomic mass is 79.9. The maximum absolute atomic E-state index is 12.1. The van der Waals surface area contributed by atoms with Gasteiger partial charge in [-0.2, -0.15) is 4.98 Å². The summed E-state index contributed by atoms with van der Waals surface area (Å²) in [4.78, 5) is 16.3. The van der Waals surface area contributed by atoms with Gasteiger partial charge in [0.05, 0.1) is 7.11 Å². The molecule has 2 aromatic carbocycles. The van der Waals surface area contributed by atoms with E-state index < -0.39 is 5.97 Å². The SMILES string of the molecule is COc1ccccc1C(=O)OCc1nc(-c2ccc(Br)cc2)no1. The molecule has 0 fully saturated rings. The fourth-order valence-electron chi connectivity index (χ4n) is 2.05. The van der Waals surface area contributed by atoms with Crippen molar-refractivity contribution in [1.29, 1.82) is 0 Å². The smallest absolute Gasteiger partial charge is 0.342 e. The number of carbonyl (C=O) groups excluding carboxylic acids is 1. The van der Waals surface area contributed by atoms with Gasteiger partial charge < -0.3 is 14.0 Å². The first-order valence-electron chi connectivity index (χ1n) is 7.06. The number of ether oxygens (including phenoxy) is 2. The normalized spacial score (nSPS) is 10.4. The fourth-order valence-corrected chi connectivity index (χ4v) is 2.31. The zero-order valence-electron chi connectivity index (χ0n) is 12.7. The van der Waals surface area contributed by atoms with Crippen molar-refractivity contribution in [3.05, 3.63) is 64.5 Å². The van der Waals surface area contributed by atoms with E-state index in [1.54, 1.807) is 24.3 Å². The molecule has 6 nitrogen and oxygen atoms in total. The van der Waals surface area contributed by atoms with E-state index in [-0.39, 0.29) is 12.5 Å². The molecular weight excluding hydrogens is 376 g/mol. The largest absolute Gasteiger partial charge is 0.496 e. The van der Waals surface area contributed by atoms with E-state index in [1.807, 2.05) is 24.3 Å². The highest BCUT2D eigenvalue weighted by molar-refractivity contribution is 9.10. The Kier molecular flexibility index (Phi) is 4.90. The van der Waals surface area contributed by atoms with Gasteiger partial charge in [0.2, 0.25) is 5.82 Å². The highest BCUT2D eigenvalue weighted by Gasteiger charge is 2.15. The summed E-state index contributed by atoms with van der Waals surface area (Å²) in [6, 6.07) is 14.3. The van der Waals surface area contributed by atoms with Gasteiger partial charge >= 0.3 is 5.97 Å². The third-order valence-corrected chi connectivity index (χ3v) is 3.75. The average molecular weight is 389 g/mol. The van der Waals surface area contributed by atoms with Crippen LogP contribution in [0, 0.1) is 0 Å². The number of benzene rings is 2. The summed E-state index contributed by atoms with van der Waals surface area (Å²) in [5.41, 5.74) is 1.15. The predicted molar refractivity (Wildman–Crippen MR) is 89.5 cm³/mol. The summed E-state index contributed by atoms with van der Waals surface area (Å²) in [6.07, 6.45) is 0. The summed E-state index contributed by atoms with van der Waals surface area (Å²) in [6.45, 7) is -0.111. The lowest BCUT2D eigenvalue weighted by Gasteiger charge is -2.06. The van der Waals surface area contributed by atoms with Gasteiger partial charge in [-0.05, 0) is 36.4 Å². The number of nitrogens with zero attached hydrogens (tertiary/aromatic N) is 2. The van der Waals surface area contributed by atoms with Crippen LogP contribution in [0.2, 0.25) is 0 Å². The molecule has 0 bridgehead atoms. The van der Waals surface area contributed by atoms with Gasteiger partial charge in [-0.15, -0.1) is 0 Å². The van der Waals surface area contributed by atoms with Crippen molar-refractivity contribution in [2.45, 2.75) is 6.61 Å². The van der Waals surface area contributed by atoms with Crippen LogP contribution in [0.1, 0.15) is 16.2 Å². The van der Waals surface area contributed by atoms with Crippen molar-refractivity contribution in [2.24, 2.45) is 0 Å². The monoisotopic (exact) mass is 388 g/mol. The van der Waals surface area contributed by atoms with Crippen LogP contribution in [0.5, 0.6) is 5.75 Å². The number of aromatic nitrogens is 2. The van der Waals surface area contributed by atoms with Gasteiger partial charge in [-0.25, -0.2) is 4.79 Å². The first-order valence-corrected chi connectivity index (χ1v) is 7.85. The second-order valence-corrected chi connectivity index (χ2v) is 5.71. The second kappa shape index (κ2) is 7.27. The quantitative estimate of drug-likeness (QED) is 0.617. The predicted octanol–water partition coefficient (Wildman–Crippen LogP) is 3.86. The lowest BCUT2D eigenvalue weighted by Crippen LogP contribution is -2.07. The maximum Gasteiger partial charge on any atom is 0.342 e. The van der Waals surface area contributed by atoms with Crippen LogP contribution in [0.4, 0.5) is 0 Å². The molecule has 7 heteroatoms. The molecule has 1 aromatic heterocycles. The van der Waals surface area contributed by atoms with E-state index in [0.717, 1.165) is 10.0 Å². The molecule has 0 saturated carbocycles. The topological polar surface area (TPSA) is 74.5 Å². The minimum Gasteiger partial charge on any atom is -0.496 e. The lowest BCUT2D eigenvalue weighted by molar-refractivity contribution is 0.0426. The van der Waals surface area contributed by atoms with E-state index in [2.05, 4.69) is 26.1 Å². The van der Waals surface area contributed by atoms with E-state index in [1.165, 1.54) is 7.11 Å². The van der Waals surface area contributed by atoms with Crippen molar-refractivity contribution in [3.8, 4) is 17.1 Å². The van der Waals surface area contributed by atoms with Crippen LogP contribution in [-0.4, -0.2) is 23.2 Å². The van der Waals surface area contributed by atoms with Crippen LogP contribution < -0.4 is 4.74 Å². The number of hydrogen-bond acceptors (Lipinski definition) is 6. The molecule has 24 heavy (non-hydrogen) atoms. The molecule has 3 rings (SSSR count). The molecule has 0 spiro atoms. The Morgan fingerprint density at radius 2 is 1.92 bits per heavy atom. The molecule has 0 N–H and O–H groups in total. The Labute approximate surface area is 146 Å². The standard InChI is InChI=1S/C17H13BrN2O4/c1-22-14-5-3-2-4-13(14)17(21)23-10-15-19-16(20-24-15)11-6-8-12(18)9-7-11/h2-9H,10H2,1H3. The van der Waals surface area contributed by atoms with Crippen LogP contribution in [-0.2, 0) is 11.3 Å². The Morgan fingerprint density at radius 3 is 2.67 bits per heavy atom. The number of esters is 1. The number of halogens is 1. The highest BCUT2D eigenvalue weighted by Crippen LogP contribution is 2.21. The van der Waals surface area contributed by atoms with E-state index >= 15 is 0 Å². The first-order chi connectivity index (χ1) is 11.7. The van der Waals surface area contributed by atoms with Gasteiger partial charge in [-0.1, -0.05) is 33.2 Å². The summed E-state index contributed by atoms with van der Waals surface area (Å²) >= 11 is 3.37. The Hall–Kier alpha value is -2.67. The minimum atomic E-state index is -0.518. The van der Waals surface area contributed by atoms with Gasteiger partial charge in [0.25, 0.3) is 5.89 Å². The molecule has 0 aliphatic heterocycles. The third-order valence-electron chi connectivity index (χ3n) is 3.22. The van der Waals surface area contributed by atoms with Gasteiger partial charge in [-0.3, -0.25) is 0 Å². The molecule has 0 saturated heterocycles. The molecule has 0 aliphatic carbocycles. The van der Waals surface area contributed by atoms with Gasteiger partial charge in [0, 0.05) is 10.0 Å². The molecule has 1 heterocycles. The minimum absolute atomic E-state index is 0.111. The van der Waals surface area contributed by atoms with Crippen LogP contribution in [0.15, 0.2) is 57.5 Å². The molecule has 0 atom stereocenters. The van der Waals surface area contributed by atoms with Crippen molar-refractivity contribution in [3.63, 3.8) is 0 Å². The second-order valence-electron chi connectivity index (χ2n) is 4.80. The number of para-hydroxylation sites is 1. The zero-order chi connectivity index (χ0) is 16.9. The molecule has 3 aromatic rings. The van der Waals surface area contributed by atoms with Gasteiger partial charge in [0.1, 0.15) is 11.3 Å². The van der Waals surface area contributed by atoms with Gasteiger partial charge in [0.15, 0.2) is 6.61 Å². The fraction of sp³-hybridized carbons (Fsp3) is 0.118. The van der Waals surface area contributed by atoms with E-state index in [9.17, 15) is 4.79 Å². The molecule has 0 radical (unpaired) electrons. The number of carbonyl (C=O) groups is 1. The number of rotatable bonds is 5. The maximum atomic E-state index is 12.1. The van der Waals surface area contributed by atoms with Crippen molar-refractivity contribution < 1.29 is 18.8 Å². The molecule has 122 valence electrons. The Morgan fingerprint density at radius 1 is 1.17 bits per heavy atom. The molecule has 0 amide bonds. The van der Waals surface area contributed by atoms with Crippen LogP contribution in [0.25, 0.3) is 11.4 Å². The van der Waals surface area contributed by atoms with Crippen LogP contribution in [0.3, 0.4) is 0 Å². The average Bonchev–Trinajstić information content (AvgIpc) is 3.09. The van der Waals surface area contributed by atoms with E-state index in [4.69, 9.17) is 14.0 Å². The number of methoxy groups -OCH3 is 1. The first kappa shape index (κ1) is 16.2. The summed E-state index contributed by atoms with van der Waals surface area (Å²) in [5.74, 6) is 0.585. The molecular formula is C17H13BrN2O4. The third kappa shape index (κ3) is 3.62. The molecule has 0 unspecified atom stereocenters. The summed E-state index contributed by atoms with van der Waals surface area (Å²) in [7, 11) is 1.49. The van der Waals surface area contributed by atoms with Crippen LogP contribution >= 0.6 is 15.9 Å². The summed E-state index contributed by atoms with van der Waals surface area (Å²) in [5, 5.41) is 3.88.